The minimum atomic E-state index is -2.85. The van der Waals surface area contributed by atoms with Crippen molar-refractivity contribution >= 4 is 9.84 Å². The minimum absolute atomic E-state index is 0.0642. The SMILES string of the molecule is CCS(=O)(=O)CCCN[C@H](CO)C(C)C. The van der Waals surface area contributed by atoms with Crippen LogP contribution >= 0.6 is 0 Å². The van der Waals surface area contributed by atoms with Crippen LogP contribution in [0.5, 0.6) is 0 Å². The minimum Gasteiger partial charge on any atom is -0.395 e. The van der Waals surface area contributed by atoms with E-state index in [1.807, 2.05) is 13.8 Å². The number of hydrogen-bond acceptors (Lipinski definition) is 4. The van der Waals surface area contributed by atoms with Crippen molar-refractivity contribution in [3.8, 4) is 0 Å². The molecule has 0 aliphatic carbocycles. The Hall–Kier alpha value is -0.130. The zero-order valence-corrected chi connectivity index (χ0v) is 10.7. The fourth-order valence-electron chi connectivity index (χ4n) is 1.23. The number of hydrogen-bond donors (Lipinski definition) is 2. The van der Waals surface area contributed by atoms with Crippen LogP contribution in [0.15, 0.2) is 0 Å². The topological polar surface area (TPSA) is 66.4 Å². The van der Waals surface area contributed by atoms with Crippen LogP contribution in [0.4, 0.5) is 0 Å². The second kappa shape index (κ2) is 7.19. The maximum Gasteiger partial charge on any atom is 0.150 e. The van der Waals surface area contributed by atoms with Gasteiger partial charge in [-0.25, -0.2) is 8.42 Å². The molecule has 0 aromatic carbocycles. The summed E-state index contributed by atoms with van der Waals surface area (Å²) >= 11 is 0. The molecule has 0 heterocycles. The number of rotatable bonds is 8. The van der Waals surface area contributed by atoms with E-state index >= 15 is 0 Å². The highest BCUT2D eigenvalue weighted by atomic mass is 32.2. The zero-order valence-electron chi connectivity index (χ0n) is 9.86. The molecule has 2 N–H and O–H groups in total. The first-order valence-electron chi connectivity index (χ1n) is 5.47. The van der Waals surface area contributed by atoms with Gasteiger partial charge in [0.15, 0.2) is 0 Å². The van der Waals surface area contributed by atoms with Gasteiger partial charge in [-0.3, -0.25) is 0 Å². The third-order valence-electron chi connectivity index (χ3n) is 2.48. The molecule has 0 saturated carbocycles. The summed E-state index contributed by atoms with van der Waals surface area (Å²) in [6.07, 6.45) is 0.611. The molecule has 0 aromatic rings. The van der Waals surface area contributed by atoms with Gasteiger partial charge in [0.05, 0.1) is 12.4 Å². The van der Waals surface area contributed by atoms with Gasteiger partial charge in [-0.2, -0.15) is 0 Å². The van der Waals surface area contributed by atoms with Crippen LogP contribution in [-0.4, -0.2) is 44.2 Å². The molecule has 1 atom stereocenters. The molecule has 0 rings (SSSR count). The van der Waals surface area contributed by atoms with E-state index in [0.29, 0.717) is 18.9 Å². The molecule has 0 aliphatic heterocycles. The van der Waals surface area contributed by atoms with Crippen molar-refractivity contribution in [2.24, 2.45) is 5.92 Å². The van der Waals surface area contributed by atoms with Crippen LogP contribution in [0.25, 0.3) is 0 Å². The molecule has 0 amide bonds. The Kier molecular flexibility index (Phi) is 7.13. The van der Waals surface area contributed by atoms with E-state index in [2.05, 4.69) is 5.32 Å². The Morgan fingerprint density at radius 3 is 2.33 bits per heavy atom. The van der Waals surface area contributed by atoms with Crippen molar-refractivity contribution < 1.29 is 13.5 Å². The summed E-state index contributed by atoms with van der Waals surface area (Å²) in [7, 11) is -2.85. The van der Waals surface area contributed by atoms with Crippen LogP contribution in [0, 0.1) is 5.92 Å². The molecule has 5 heteroatoms. The molecule has 0 bridgehead atoms. The highest BCUT2D eigenvalue weighted by Gasteiger charge is 2.11. The summed E-state index contributed by atoms with van der Waals surface area (Å²) in [6, 6.07) is 0.0642. The van der Waals surface area contributed by atoms with Crippen LogP contribution in [0.3, 0.4) is 0 Å². The maximum atomic E-state index is 11.2. The van der Waals surface area contributed by atoms with Gasteiger partial charge < -0.3 is 10.4 Å². The molecule has 0 fully saturated rings. The Morgan fingerprint density at radius 1 is 1.33 bits per heavy atom. The fraction of sp³-hybridized carbons (Fsp3) is 1.00. The molecule has 0 spiro atoms. The summed E-state index contributed by atoms with van der Waals surface area (Å²) in [5.41, 5.74) is 0. The number of aliphatic hydroxyl groups is 1. The molecule has 15 heavy (non-hydrogen) atoms. The second-order valence-electron chi connectivity index (χ2n) is 4.08. The van der Waals surface area contributed by atoms with Crippen molar-refractivity contribution in [1.82, 2.24) is 5.32 Å². The van der Waals surface area contributed by atoms with Gasteiger partial charge in [0.25, 0.3) is 0 Å². The summed E-state index contributed by atoms with van der Waals surface area (Å²) in [4.78, 5) is 0. The molecule has 92 valence electrons. The molecular weight excluding hydrogens is 214 g/mol. The number of nitrogens with one attached hydrogen (secondary N) is 1. The number of aliphatic hydroxyl groups excluding tert-OH is 1. The molecular formula is C10H23NO3S. The average Bonchev–Trinajstić information content (AvgIpc) is 2.17. The van der Waals surface area contributed by atoms with Crippen LogP contribution in [0.1, 0.15) is 27.2 Å². The lowest BCUT2D eigenvalue weighted by Crippen LogP contribution is -2.38. The monoisotopic (exact) mass is 237 g/mol. The van der Waals surface area contributed by atoms with E-state index in [4.69, 9.17) is 5.11 Å². The molecule has 0 aromatic heterocycles. The smallest absolute Gasteiger partial charge is 0.150 e. The van der Waals surface area contributed by atoms with Gasteiger partial charge in [0, 0.05) is 11.8 Å². The lowest BCUT2D eigenvalue weighted by Gasteiger charge is -2.19. The maximum absolute atomic E-state index is 11.2. The van der Waals surface area contributed by atoms with Gasteiger partial charge in [-0.05, 0) is 18.9 Å². The van der Waals surface area contributed by atoms with Gasteiger partial charge in [0.2, 0.25) is 0 Å². The zero-order chi connectivity index (χ0) is 11.9. The van der Waals surface area contributed by atoms with Crippen LogP contribution < -0.4 is 5.32 Å². The highest BCUT2D eigenvalue weighted by molar-refractivity contribution is 7.91. The summed E-state index contributed by atoms with van der Waals surface area (Å²) in [5.74, 6) is 0.797. The molecule has 0 unspecified atom stereocenters. The average molecular weight is 237 g/mol. The summed E-state index contributed by atoms with van der Waals surface area (Å²) in [5, 5.41) is 12.2. The molecule has 0 radical (unpaired) electrons. The Bertz CT molecular complexity index is 249. The lowest BCUT2D eigenvalue weighted by molar-refractivity contribution is 0.211. The van der Waals surface area contributed by atoms with E-state index in [0.717, 1.165) is 0 Å². The van der Waals surface area contributed by atoms with E-state index in [9.17, 15) is 8.42 Å². The number of sulfone groups is 1. The Labute approximate surface area is 93.0 Å². The van der Waals surface area contributed by atoms with E-state index in [1.54, 1.807) is 6.92 Å². The van der Waals surface area contributed by atoms with Crippen LogP contribution in [0.2, 0.25) is 0 Å². The van der Waals surface area contributed by atoms with Crippen molar-refractivity contribution in [2.75, 3.05) is 24.7 Å². The van der Waals surface area contributed by atoms with Gasteiger partial charge >= 0.3 is 0 Å². The quantitative estimate of drug-likeness (QED) is 0.600. The first-order chi connectivity index (χ1) is 6.93. The normalized spacial score (nSPS) is 14.5. The largest absolute Gasteiger partial charge is 0.395 e. The van der Waals surface area contributed by atoms with Gasteiger partial charge in [-0.15, -0.1) is 0 Å². The van der Waals surface area contributed by atoms with Crippen molar-refractivity contribution in [3.05, 3.63) is 0 Å². The van der Waals surface area contributed by atoms with Crippen molar-refractivity contribution in [3.63, 3.8) is 0 Å². The molecule has 0 aliphatic rings. The first kappa shape index (κ1) is 14.9. The third kappa shape index (κ3) is 6.87. The Morgan fingerprint density at radius 2 is 1.93 bits per heavy atom. The van der Waals surface area contributed by atoms with E-state index in [1.165, 1.54) is 0 Å². The lowest BCUT2D eigenvalue weighted by atomic mass is 10.1. The summed E-state index contributed by atoms with van der Waals surface area (Å²) < 4.78 is 22.3. The fourth-order valence-corrected chi connectivity index (χ4v) is 2.11. The van der Waals surface area contributed by atoms with E-state index < -0.39 is 9.84 Å². The third-order valence-corrected chi connectivity index (χ3v) is 4.27. The van der Waals surface area contributed by atoms with Crippen molar-refractivity contribution in [1.29, 1.82) is 0 Å². The second-order valence-corrected chi connectivity index (χ2v) is 6.55. The van der Waals surface area contributed by atoms with Gasteiger partial charge in [-0.1, -0.05) is 20.8 Å². The summed E-state index contributed by atoms with van der Waals surface area (Å²) in [6.45, 7) is 6.45. The van der Waals surface area contributed by atoms with Gasteiger partial charge in [0.1, 0.15) is 9.84 Å². The highest BCUT2D eigenvalue weighted by Crippen LogP contribution is 2.00. The molecule has 0 saturated heterocycles. The predicted octanol–water partition coefficient (Wildman–Crippen LogP) is 0.418. The Balaban J connectivity index is 3.71. The van der Waals surface area contributed by atoms with Crippen LogP contribution in [-0.2, 0) is 9.84 Å². The predicted molar refractivity (Wildman–Crippen MR) is 62.7 cm³/mol. The first-order valence-corrected chi connectivity index (χ1v) is 7.29. The standard InChI is InChI=1S/C10H23NO3S/c1-4-15(13,14)7-5-6-11-10(8-12)9(2)3/h9-12H,4-8H2,1-3H3/t10-/m1/s1. The van der Waals surface area contributed by atoms with Crippen molar-refractivity contribution in [2.45, 2.75) is 33.2 Å². The van der Waals surface area contributed by atoms with E-state index in [-0.39, 0.29) is 24.2 Å². The molecule has 4 nitrogen and oxygen atoms in total.